The molecule has 106 valence electrons. The monoisotopic (exact) mass is 276 g/mol. The first-order valence-electron chi connectivity index (χ1n) is 6.71. The molecule has 5 nitrogen and oxygen atoms in total. The molecular weight excluding hydrogens is 259 g/mol. The molecule has 0 saturated carbocycles. The first-order chi connectivity index (χ1) is 9.74. The van der Waals surface area contributed by atoms with Gasteiger partial charge in [-0.1, -0.05) is 23.4 Å². The molecule has 1 atom stereocenters. The first kappa shape index (κ1) is 13.2. The van der Waals surface area contributed by atoms with E-state index in [4.69, 9.17) is 4.52 Å². The normalized spacial score (nSPS) is 20.2. The van der Waals surface area contributed by atoms with Crippen molar-refractivity contribution in [3.63, 3.8) is 0 Å². The molecule has 1 aliphatic heterocycles. The second kappa shape index (κ2) is 5.68. The van der Waals surface area contributed by atoms with Crippen LogP contribution in [-0.4, -0.2) is 41.7 Å². The number of nitrogens with zero attached hydrogens (tertiary/aromatic N) is 3. The van der Waals surface area contributed by atoms with Gasteiger partial charge in [0.1, 0.15) is 5.82 Å². The van der Waals surface area contributed by atoms with Crippen molar-refractivity contribution < 1.29 is 8.91 Å². The van der Waals surface area contributed by atoms with Crippen molar-refractivity contribution in [2.75, 3.05) is 26.7 Å². The number of piperazine rings is 1. The average Bonchev–Trinajstić information content (AvgIpc) is 2.90. The molecule has 0 amide bonds. The van der Waals surface area contributed by atoms with E-state index in [-0.39, 0.29) is 11.9 Å². The fourth-order valence-corrected chi connectivity index (χ4v) is 2.37. The van der Waals surface area contributed by atoms with E-state index < -0.39 is 0 Å². The smallest absolute Gasteiger partial charge is 0.231 e. The Morgan fingerprint density at radius 3 is 3.10 bits per heavy atom. The number of benzene rings is 1. The van der Waals surface area contributed by atoms with E-state index in [9.17, 15) is 4.39 Å². The molecule has 1 N–H and O–H groups in total. The standard InChI is InChI=1S/C14H17FN4O/c1-19-7-6-16-9-12(19)14-17-13(20-18-14)8-10-4-2-3-5-11(10)15/h2-5,12,16H,6-9H2,1H3. The van der Waals surface area contributed by atoms with Gasteiger partial charge in [-0.25, -0.2) is 4.39 Å². The Balaban J connectivity index is 1.75. The van der Waals surface area contributed by atoms with E-state index in [2.05, 4.69) is 20.4 Å². The Bertz CT molecular complexity index is 586. The van der Waals surface area contributed by atoms with E-state index in [1.165, 1.54) is 6.07 Å². The Morgan fingerprint density at radius 1 is 1.45 bits per heavy atom. The van der Waals surface area contributed by atoms with Crippen LogP contribution in [0.25, 0.3) is 0 Å². The van der Waals surface area contributed by atoms with Crippen LogP contribution in [0.4, 0.5) is 4.39 Å². The zero-order valence-electron chi connectivity index (χ0n) is 11.3. The minimum Gasteiger partial charge on any atom is -0.339 e. The van der Waals surface area contributed by atoms with E-state index in [1.807, 2.05) is 7.05 Å². The zero-order valence-corrected chi connectivity index (χ0v) is 11.3. The molecule has 0 radical (unpaired) electrons. The summed E-state index contributed by atoms with van der Waals surface area (Å²) in [6, 6.07) is 6.75. The van der Waals surface area contributed by atoms with Gasteiger partial charge in [0.2, 0.25) is 5.89 Å². The number of hydrogen-bond donors (Lipinski definition) is 1. The predicted octanol–water partition coefficient (Wildman–Crippen LogP) is 1.38. The molecule has 0 bridgehead atoms. The van der Waals surface area contributed by atoms with Crippen LogP contribution in [0.15, 0.2) is 28.8 Å². The molecule has 6 heteroatoms. The van der Waals surface area contributed by atoms with E-state index in [0.29, 0.717) is 23.7 Å². The van der Waals surface area contributed by atoms with E-state index in [0.717, 1.165) is 19.6 Å². The van der Waals surface area contributed by atoms with Gasteiger partial charge in [0.25, 0.3) is 0 Å². The fourth-order valence-electron chi connectivity index (χ4n) is 2.37. The summed E-state index contributed by atoms with van der Waals surface area (Å²) >= 11 is 0. The van der Waals surface area contributed by atoms with Crippen LogP contribution in [0.2, 0.25) is 0 Å². The van der Waals surface area contributed by atoms with E-state index >= 15 is 0 Å². The highest BCUT2D eigenvalue weighted by Crippen LogP contribution is 2.19. The molecule has 2 aromatic rings. The third-order valence-corrected chi connectivity index (χ3v) is 3.59. The SMILES string of the molecule is CN1CCNCC1c1noc(Cc2ccccc2F)n1. The lowest BCUT2D eigenvalue weighted by Crippen LogP contribution is -2.44. The lowest BCUT2D eigenvalue weighted by Gasteiger charge is -2.30. The van der Waals surface area contributed by atoms with Crippen LogP contribution in [0.1, 0.15) is 23.3 Å². The fraction of sp³-hybridized carbons (Fsp3) is 0.429. The molecule has 2 heterocycles. The first-order valence-corrected chi connectivity index (χ1v) is 6.71. The number of hydrogen-bond acceptors (Lipinski definition) is 5. The summed E-state index contributed by atoms with van der Waals surface area (Å²) in [6.45, 7) is 2.71. The third kappa shape index (κ3) is 2.71. The molecule has 1 saturated heterocycles. The Morgan fingerprint density at radius 2 is 2.30 bits per heavy atom. The number of likely N-dealkylation sites (N-methyl/N-ethyl adjacent to an activating group) is 1. The quantitative estimate of drug-likeness (QED) is 0.917. The van der Waals surface area contributed by atoms with Crippen LogP contribution in [-0.2, 0) is 6.42 Å². The minimum atomic E-state index is -0.247. The van der Waals surface area contributed by atoms with Crippen molar-refractivity contribution >= 4 is 0 Å². The highest BCUT2D eigenvalue weighted by atomic mass is 19.1. The summed E-state index contributed by atoms with van der Waals surface area (Å²) < 4.78 is 18.8. The third-order valence-electron chi connectivity index (χ3n) is 3.59. The van der Waals surface area contributed by atoms with Crippen molar-refractivity contribution in [2.45, 2.75) is 12.5 Å². The number of nitrogens with one attached hydrogen (secondary N) is 1. The van der Waals surface area contributed by atoms with Crippen molar-refractivity contribution in [3.8, 4) is 0 Å². The summed E-state index contributed by atoms with van der Waals surface area (Å²) in [7, 11) is 2.04. The van der Waals surface area contributed by atoms with Crippen molar-refractivity contribution in [3.05, 3.63) is 47.4 Å². The lowest BCUT2D eigenvalue weighted by atomic mass is 10.1. The second-order valence-electron chi connectivity index (χ2n) is 5.02. The molecule has 0 aliphatic carbocycles. The average molecular weight is 276 g/mol. The van der Waals surface area contributed by atoms with Crippen molar-refractivity contribution in [2.24, 2.45) is 0 Å². The van der Waals surface area contributed by atoms with Crippen LogP contribution in [0, 0.1) is 5.82 Å². The van der Waals surface area contributed by atoms with Crippen LogP contribution in [0.3, 0.4) is 0 Å². The molecule has 1 unspecified atom stereocenters. The van der Waals surface area contributed by atoms with Gasteiger partial charge in [0, 0.05) is 19.6 Å². The van der Waals surface area contributed by atoms with Gasteiger partial charge >= 0.3 is 0 Å². The predicted molar refractivity (Wildman–Crippen MR) is 71.7 cm³/mol. The summed E-state index contributed by atoms with van der Waals surface area (Å²) in [6.07, 6.45) is 0.323. The van der Waals surface area contributed by atoms with Gasteiger partial charge in [-0.05, 0) is 18.7 Å². The molecule has 1 aromatic carbocycles. The second-order valence-corrected chi connectivity index (χ2v) is 5.02. The molecule has 3 rings (SSSR count). The number of rotatable bonds is 3. The highest BCUT2D eigenvalue weighted by molar-refractivity contribution is 5.20. The zero-order chi connectivity index (χ0) is 13.9. The summed E-state index contributed by atoms with van der Waals surface area (Å²) in [5, 5.41) is 7.33. The molecule has 1 aliphatic rings. The molecule has 1 fully saturated rings. The number of aromatic nitrogens is 2. The van der Waals surface area contributed by atoms with Crippen LogP contribution in [0.5, 0.6) is 0 Å². The summed E-state index contributed by atoms with van der Waals surface area (Å²) in [5.41, 5.74) is 0.567. The number of halogens is 1. The maximum atomic E-state index is 13.6. The van der Waals surface area contributed by atoms with Gasteiger partial charge < -0.3 is 9.84 Å². The lowest BCUT2D eigenvalue weighted by molar-refractivity contribution is 0.190. The minimum absolute atomic E-state index is 0.113. The van der Waals surface area contributed by atoms with Crippen molar-refractivity contribution in [1.82, 2.24) is 20.4 Å². The van der Waals surface area contributed by atoms with Crippen LogP contribution >= 0.6 is 0 Å². The molecule has 0 spiro atoms. The van der Waals surface area contributed by atoms with Gasteiger partial charge in [-0.2, -0.15) is 4.98 Å². The van der Waals surface area contributed by atoms with Gasteiger partial charge in [-0.15, -0.1) is 0 Å². The van der Waals surface area contributed by atoms with Gasteiger partial charge in [-0.3, -0.25) is 4.90 Å². The Hall–Kier alpha value is -1.79. The summed E-state index contributed by atoms with van der Waals surface area (Å²) in [4.78, 5) is 6.58. The molecular formula is C14H17FN4O. The maximum Gasteiger partial charge on any atom is 0.231 e. The summed E-state index contributed by atoms with van der Waals surface area (Å²) in [5.74, 6) is 0.860. The van der Waals surface area contributed by atoms with Crippen LogP contribution < -0.4 is 5.32 Å². The highest BCUT2D eigenvalue weighted by Gasteiger charge is 2.25. The largest absolute Gasteiger partial charge is 0.339 e. The van der Waals surface area contributed by atoms with Crippen molar-refractivity contribution in [1.29, 1.82) is 0 Å². The maximum absolute atomic E-state index is 13.6. The van der Waals surface area contributed by atoms with E-state index in [1.54, 1.807) is 18.2 Å². The van der Waals surface area contributed by atoms with Gasteiger partial charge in [0.05, 0.1) is 12.5 Å². The Labute approximate surface area is 116 Å². The Kier molecular flexibility index (Phi) is 3.75. The van der Waals surface area contributed by atoms with Gasteiger partial charge in [0.15, 0.2) is 5.82 Å². The molecule has 1 aromatic heterocycles. The topological polar surface area (TPSA) is 54.2 Å². The molecule has 20 heavy (non-hydrogen) atoms.